The van der Waals surface area contributed by atoms with Crippen LogP contribution in [0.15, 0.2) is 30.3 Å². The van der Waals surface area contributed by atoms with Crippen molar-refractivity contribution in [2.75, 3.05) is 19.7 Å². The molecule has 2 aliphatic rings. The summed E-state index contributed by atoms with van der Waals surface area (Å²) in [5.74, 6) is 2.35. The number of hydrogen-bond acceptors (Lipinski definition) is 4. The first-order valence-corrected chi connectivity index (χ1v) is 9.65. The number of nitrogens with one attached hydrogen (secondary N) is 1. The molecule has 4 rings (SSSR count). The van der Waals surface area contributed by atoms with Crippen LogP contribution in [0, 0.1) is 0 Å². The Morgan fingerprint density at radius 3 is 2.69 bits per heavy atom. The first kappa shape index (κ1) is 17.2. The second-order valence-electron chi connectivity index (χ2n) is 7.23. The van der Waals surface area contributed by atoms with E-state index in [2.05, 4.69) is 34.5 Å². The number of likely N-dealkylation sites (tertiary alicyclic amines) is 1. The molecule has 6 heteroatoms. The highest BCUT2D eigenvalue weighted by molar-refractivity contribution is 5.81. The molecule has 0 spiro atoms. The Morgan fingerprint density at radius 2 is 1.96 bits per heavy atom. The van der Waals surface area contributed by atoms with Crippen LogP contribution in [-0.2, 0) is 22.4 Å². The van der Waals surface area contributed by atoms with E-state index in [4.69, 9.17) is 9.72 Å². The van der Waals surface area contributed by atoms with Gasteiger partial charge in [-0.15, -0.1) is 0 Å². The quantitative estimate of drug-likeness (QED) is 0.895. The van der Waals surface area contributed by atoms with Crippen molar-refractivity contribution in [1.82, 2.24) is 20.1 Å². The molecule has 0 bridgehead atoms. The largest absolute Gasteiger partial charge is 0.368 e. The average Bonchev–Trinajstić information content (AvgIpc) is 3.39. The van der Waals surface area contributed by atoms with Crippen molar-refractivity contribution in [2.24, 2.45) is 0 Å². The average molecular weight is 354 g/mol. The van der Waals surface area contributed by atoms with E-state index in [-0.39, 0.29) is 12.0 Å². The fraction of sp³-hybridized carbons (Fsp3) is 0.550. The molecule has 0 unspecified atom stereocenters. The number of amides is 1. The van der Waals surface area contributed by atoms with Crippen LogP contribution >= 0.6 is 0 Å². The third kappa shape index (κ3) is 3.96. The Kier molecular flexibility index (Phi) is 5.29. The Balaban J connectivity index is 1.28. The topological polar surface area (TPSA) is 71.1 Å². The van der Waals surface area contributed by atoms with Crippen LogP contribution in [0.1, 0.15) is 48.8 Å². The first-order chi connectivity index (χ1) is 12.8. The van der Waals surface area contributed by atoms with Crippen LogP contribution in [0.4, 0.5) is 0 Å². The van der Waals surface area contributed by atoms with Crippen LogP contribution in [-0.4, -0.2) is 51.8 Å². The molecule has 2 fully saturated rings. The Bertz CT molecular complexity index is 716. The lowest BCUT2D eigenvalue weighted by molar-refractivity contribution is -0.142. The summed E-state index contributed by atoms with van der Waals surface area (Å²) in [5, 5.41) is 7.53. The predicted molar refractivity (Wildman–Crippen MR) is 97.8 cm³/mol. The summed E-state index contributed by atoms with van der Waals surface area (Å²) in [6.07, 6.45) is 5.33. The minimum absolute atomic E-state index is 0.166. The van der Waals surface area contributed by atoms with Crippen molar-refractivity contribution >= 4 is 5.91 Å². The molecule has 3 heterocycles. The number of carbonyl (C=O) groups is 1. The molecule has 1 aromatic heterocycles. The number of rotatable bonds is 5. The second-order valence-corrected chi connectivity index (χ2v) is 7.23. The summed E-state index contributed by atoms with van der Waals surface area (Å²) in [5.41, 5.74) is 1.31. The molecule has 1 N–H and O–H groups in total. The van der Waals surface area contributed by atoms with Crippen molar-refractivity contribution in [3.05, 3.63) is 47.5 Å². The van der Waals surface area contributed by atoms with Crippen LogP contribution in [0.25, 0.3) is 0 Å². The molecule has 6 nitrogen and oxygen atoms in total. The van der Waals surface area contributed by atoms with Gasteiger partial charge in [-0.3, -0.25) is 9.89 Å². The lowest BCUT2D eigenvalue weighted by atomic mass is 9.95. The summed E-state index contributed by atoms with van der Waals surface area (Å²) in [6.45, 7) is 2.27. The number of H-pyrrole nitrogens is 1. The zero-order chi connectivity index (χ0) is 17.8. The maximum Gasteiger partial charge on any atom is 0.251 e. The molecule has 0 radical (unpaired) electrons. The van der Waals surface area contributed by atoms with Gasteiger partial charge in [-0.25, -0.2) is 4.98 Å². The lowest BCUT2D eigenvalue weighted by Gasteiger charge is -2.32. The fourth-order valence-corrected chi connectivity index (χ4v) is 3.85. The Hall–Kier alpha value is -2.21. The molecular formula is C20H26N4O2. The van der Waals surface area contributed by atoms with Crippen molar-refractivity contribution < 1.29 is 9.53 Å². The molecule has 0 aliphatic carbocycles. The molecule has 2 saturated heterocycles. The highest BCUT2D eigenvalue weighted by Crippen LogP contribution is 2.27. The third-order valence-electron chi connectivity index (χ3n) is 5.42. The number of aromatic nitrogens is 3. The maximum absolute atomic E-state index is 12.4. The second kappa shape index (κ2) is 7.99. The lowest BCUT2D eigenvalue weighted by Crippen LogP contribution is -2.43. The van der Waals surface area contributed by atoms with Gasteiger partial charge >= 0.3 is 0 Å². The molecule has 138 valence electrons. The van der Waals surface area contributed by atoms with E-state index in [1.807, 2.05) is 11.0 Å². The van der Waals surface area contributed by atoms with Crippen LogP contribution in [0.3, 0.4) is 0 Å². The molecule has 26 heavy (non-hydrogen) atoms. The van der Waals surface area contributed by atoms with Crippen LogP contribution in [0.5, 0.6) is 0 Å². The molecule has 0 saturated carbocycles. The Morgan fingerprint density at radius 1 is 1.15 bits per heavy atom. The zero-order valence-electron chi connectivity index (χ0n) is 15.1. The predicted octanol–water partition coefficient (Wildman–Crippen LogP) is 2.47. The minimum atomic E-state index is -0.209. The fourth-order valence-electron chi connectivity index (χ4n) is 3.85. The van der Waals surface area contributed by atoms with Gasteiger partial charge in [-0.05, 0) is 37.7 Å². The van der Waals surface area contributed by atoms with E-state index >= 15 is 0 Å². The van der Waals surface area contributed by atoms with E-state index < -0.39 is 0 Å². The summed E-state index contributed by atoms with van der Waals surface area (Å²) < 4.78 is 5.53. The van der Waals surface area contributed by atoms with E-state index in [0.717, 1.165) is 69.9 Å². The van der Waals surface area contributed by atoms with E-state index in [1.165, 1.54) is 5.56 Å². The standard InChI is InChI=1S/C20H26N4O2/c25-20(17-7-4-14-26-17)24-12-10-16(11-13-24)19-21-18(22-23-19)9-8-15-5-2-1-3-6-15/h1-3,5-6,16-17H,4,7-14H2,(H,21,22,23)/t17-/m0/s1. The van der Waals surface area contributed by atoms with Crippen LogP contribution in [0.2, 0.25) is 0 Å². The third-order valence-corrected chi connectivity index (χ3v) is 5.42. The number of benzene rings is 1. The number of piperidine rings is 1. The van der Waals surface area contributed by atoms with Gasteiger partial charge in [0.15, 0.2) is 5.82 Å². The van der Waals surface area contributed by atoms with Gasteiger partial charge < -0.3 is 9.64 Å². The highest BCUT2D eigenvalue weighted by Gasteiger charge is 2.32. The number of aryl methyl sites for hydroxylation is 2. The zero-order valence-corrected chi connectivity index (χ0v) is 15.1. The number of nitrogens with zero attached hydrogens (tertiary/aromatic N) is 3. The van der Waals surface area contributed by atoms with Gasteiger partial charge in [0.25, 0.3) is 5.91 Å². The molecule has 1 atom stereocenters. The van der Waals surface area contributed by atoms with Crippen molar-refractivity contribution in [3.8, 4) is 0 Å². The first-order valence-electron chi connectivity index (χ1n) is 9.65. The smallest absolute Gasteiger partial charge is 0.251 e. The number of aromatic amines is 1. The summed E-state index contributed by atoms with van der Waals surface area (Å²) in [7, 11) is 0. The SMILES string of the molecule is O=C([C@@H]1CCCO1)N1CCC(c2n[nH]c(CCc3ccccc3)n2)CC1. The van der Waals surface area contributed by atoms with Gasteiger partial charge in [0.05, 0.1) is 0 Å². The number of hydrogen-bond donors (Lipinski definition) is 1. The summed E-state index contributed by atoms with van der Waals surface area (Å²) in [4.78, 5) is 19.1. The van der Waals surface area contributed by atoms with Crippen molar-refractivity contribution in [2.45, 2.75) is 50.5 Å². The van der Waals surface area contributed by atoms with Crippen LogP contribution < -0.4 is 0 Å². The van der Waals surface area contributed by atoms with Crippen molar-refractivity contribution in [3.63, 3.8) is 0 Å². The monoisotopic (exact) mass is 354 g/mol. The molecule has 2 aromatic rings. The van der Waals surface area contributed by atoms with Gasteiger partial charge in [-0.2, -0.15) is 5.10 Å². The molecule has 2 aliphatic heterocycles. The van der Waals surface area contributed by atoms with Crippen molar-refractivity contribution in [1.29, 1.82) is 0 Å². The Labute approximate surface area is 154 Å². The summed E-state index contributed by atoms with van der Waals surface area (Å²) in [6, 6.07) is 10.4. The molecule has 1 amide bonds. The highest BCUT2D eigenvalue weighted by atomic mass is 16.5. The van der Waals surface area contributed by atoms with E-state index in [0.29, 0.717) is 5.92 Å². The number of ether oxygens (including phenoxy) is 1. The van der Waals surface area contributed by atoms with E-state index in [9.17, 15) is 4.79 Å². The van der Waals surface area contributed by atoms with Gasteiger partial charge in [0.1, 0.15) is 11.9 Å². The van der Waals surface area contributed by atoms with Gasteiger partial charge in [0.2, 0.25) is 0 Å². The normalized spacial score (nSPS) is 21.2. The minimum Gasteiger partial charge on any atom is -0.368 e. The van der Waals surface area contributed by atoms with E-state index in [1.54, 1.807) is 0 Å². The molecular weight excluding hydrogens is 328 g/mol. The van der Waals surface area contributed by atoms with Gasteiger partial charge in [0, 0.05) is 32.0 Å². The maximum atomic E-state index is 12.4. The molecule has 1 aromatic carbocycles. The van der Waals surface area contributed by atoms with Gasteiger partial charge in [-0.1, -0.05) is 30.3 Å². The number of carbonyl (C=O) groups excluding carboxylic acids is 1. The summed E-state index contributed by atoms with van der Waals surface area (Å²) >= 11 is 0.